The van der Waals surface area contributed by atoms with Gasteiger partial charge in [0.1, 0.15) is 16.5 Å². The van der Waals surface area contributed by atoms with E-state index in [0.717, 1.165) is 16.4 Å². The molecule has 0 spiro atoms. The largest absolute Gasteiger partial charge is 0.340 e. The van der Waals surface area contributed by atoms with E-state index >= 15 is 0 Å². The van der Waals surface area contributed by atoms with Crippen LogP contribution < -0.4 is 10.6 Å². The van der Waals surface area contributed by atoms with Gasteiger partial charge in [0, 0.05) is 29.8 Å². The lowest BCUT2D eigenvalue weighted by atomic mass is 10.2. The lowest BCUT2D eigenvalue weighted by Gasteiger charge is -2.10. The zero-order valence-electron chi connectivity index (χ0n) is 16.2. The number of amides is 1. The molecule has 1 aromatic carbocycles. The number of anilines is 3. The second-order valence-electron chi connectivity index (χ2n) is 6.41. The summed E-state index contributed by atoms with van der Waals surface area (Å²) in [7, 11) is 0. The van der Waals surface area contributed by atoms with Crippen molar-refractivity contribution in [3.05, 3.63) is 70.2 Å². The highest BCUT2D eigenvalue weighted by atomic mass is 32.1. The molecule has 0 bridgehead atoms. The molecular formula is C20H19N7OS. The monoisotopic (exact) mass is 405 g/mol. The molecule has 146 valence electrons. The number of carbonyl (C=O) groups excluding carboxylic acids is 1. The van der Waals surface area contributed by atoms with Gasteiger partial charge in [-0.05, 0) is 51.1 Å². The molecule has 0 unspecified atom stereocenters. The van der Waals surface area contributed by atoms with E-state index in [1.165, 1.54) is 11.3 Å². The molecule has 1 amide bonds. The molecule has 8 nitrogen and oxygen atoms in total. The molecule has 9 heteroatoms. The van der Waals surface area contributed by atoms with Crippen LogP contribution in [0.15, 0.2) is 48.8 Å². The summed E-state index contributed by atoms with van der Waals surface area (Å²) < 4.78 is 1.68. The van der Waals surface area contributed by atoms with Gasteiger partial charge in [0.25, 0.3) is 5.91 Å². The van der Waals surface area contributed by atoms with E-state index in [1.54, 1.807) is 10.9 Å². The maximum absolute atomic E-state index is 12.4. The van der Waals surface area contributed by atoms with Crippen molar-refractivity contribution >= 4 is 34.4 Å². The van der Waals surface area contributed by atoms with Crippen molar-refractivity contribution in [1.29, 1.82) is 0 Å². The van der Waals surface area contributed by atoms with Gasteiger partial charge in [0.05, 0.1) is 10.7 Å². The van der Waals surface area contributed by atoms with Crippen LogP contribution in [0.25, 0.3) is 5.82 Å². The van der Waals surface area contributed by atoms with Crippen LogP contribution in [0.4, 0.5) is 17.2 Å². The first-order valence-electron chi connectivity index (χ1n) is 8.96. The predicted molar refractivity (Wildman–Crippen MR) is 113 cm³/mol. The van der Waals surface area contributed by atoms with Crippen LogP contribution in [-0.4, -0.2) is 30.6 Å². The van der Waals surface area contributed by atoms with Crippen LogP contribution in [0.2, 0.25) is 0 Å². The Morgan fingerprint density at radius 1 is 1.03 bits per heavy atom. The summed E-state index contributed by atoms with van der Waals surface area (Å²) in [5.74, 6) is 1.84. The number of thiazole rings is 1. The van der Waals surface area contributed by atoms with Gasteiger partial charge in [-0.25, -0.2) is 19.6 Å². The molecule has 0 radical (unpaired) electrons. The van der Waals surface area contributed by atoms with Crippen LogP contribution in [0.5, 0.6) is 0 Å². The summed E-state index contributed by atoms with van der Waals surface area (Å²) in [5.41, 5.74) is 2.30. The summed E-state index contributed by atoms with van der Waals surface area (Å²) in [6.45, 7) is 5.56. The average Bonchev–Trinajstić information content (AvgIpc) is 3.32. The van der Waals surface area contributed by atoms with Crippen molar-refractivity contribution in [3.63, 3.8) is 0 Å². The average molecular weight is 405 g/mol. The SMILES string of the molecule is Cc1nc(Nc2ccc(NC(=O)c3sc(C)nc3C)cc2)cc(-n2cccn2)n1. The number of hydrogen-bond acceptors (Lipinski definition) is 7. The third-order valence-corrected chi connectivity index (χ3v) is 5.16. The number of hydrogen-bond donors (Lipinski definition) is 2. The maximum atomic E-state index is 12.4. The summed E-state index contributed by atoms with van der Waals surface area (Å²) in [6, 6.07) is 11.1. The van der Waals surface area contributed by atoms with E-state index in [2.05, 4.69) is 30.7 Å². The second-order valence-corrected chi connectivity index (χ2v) is 7.62. The van der Waals surface area contributed by atoms with Crippen LogP contribution in [0.3, 0.4) is 0 Å². The molecule has 3 aromatic heterocycles. The molecule has 0 saturated carbocycles. The Hall–Kier alpha value is -3.59. The first-order chi connectivity index (χ1) is 14.0. The maximum Gasteiger partial charge on any atom is 0.267 e. The zero-order valence-corrected chi connectivity index (χ0v) is 17.0. The molecule has 0 fully saturated rings. The van der Waals surface area contributed by atoms with Gasteiger partial charge in [-0.2, -0.15) is 5.10 Å². The van der Waals surface area contributed by atoms with E-state index in [4.69, 9.17) is 0 Å². The Balaban J connectivity index is 1.47. The number of rotatable bonds is 5. The van der Waals surface area contributed by atoms with Gasteiger partial charge in [0.15, 0.2) is 5.82 Å². The van der Waals surface area contributed by atoms with E-state index < -0.39 is 0 Å². The number of benzene rings is 1. The number of aryl methyl sites for hydroxylation is 3. The molecule has 4 rings (SSSR count). The molecule has 0 aliphatic heterocycles. The quantitative estimate of drug-likeness (QED) is 0.520. The van der Waals surface area contributed by atoms with E-state index in [1.807, 2.05) is 63.4 Å². The minimum Gasteiger partial charge on any atom is -0.340 e. The Morgan fingerprint density at radius 3 is 2.45 bits per heavy atom. The molecule has 0 saturated heterocycles. The summed E-state index contributed by atoms with van der Waals surface area (Å²) in [6.07, 6.45) is 3.53. The van der Waals surface area contributed by atoms with E-state index in [-0.39, 0.29) is 5.91 Å². The van der Waals surface area contributed by atoms with Gasteiger partial charge < -0.3 is 10.6 Å². The molecule has 0 aliphatic rings. The summed E-state index contributed by atoms with van der Waals surface area (Å²) in [5, 5.41) is 11.2. The number of aromatic nitrogens is 5. The van der Waals surface area contributed by atoms with Crippen molar-refractivity contribution in [2.45, 2.75) is 20.8 Å². The van der Waals surface area contributed by atoms with Crippen molar-refractivity contribution in [1.82, 2.24) is 24.7 Å². The van der Waals surface area contributed by atoms with Gasteiger partial charge in [-0.1, -0.05) is 0 Å². The Kier molecular flexibility index (Phi) is 5.05. The highest BCUT2D eigenvalue weighted by Crippen LogP contribution is 2.22. The molecular weight excluding hydrogens is 386 g/mol. The third-order valence-electron chi connectivity index (χ3n) is 4.09. The van der Waals surface area contributed by atoms with Crippen molar-refractivity contribution in [2.75, 3.05) is 10.6 Å². The smallest absolute Gasteiger partial charge is 0.267 e. The lowest BCUT2D eigenvalue weighted by molar-refractivity contribution is 0.103. The van der Waals surface area contributed by atoms with Gasteiger partial charge in [-0.3, -0.25) is 4.79 Å². The standard InChI is InChI=1S/C20H19N7OS/c1-12-19(29-14(3)22-12)20(28)26-16-7-5-15(6-8-16)25-17-11-18(24-13(2)23-17)27-10-4-9-21-27/h4-11H,1-3H3,(H,26,28)(H,23,24,25). The highest BCUT2D eigenvalue weighted by Gasteiger charge is 2.14. The molecule has 0 aliphatic carbocycles. The molecule has 29 heavy (non-hydrogen) atoms. The fourth-order valence-electron chi connectivity index (χ4n) is 2.85. The minimum atomic E-state index is -0.149. The predicted octanol–water partition coefficient (Wildman–Crippen LogP) is 4.04. The van der Waals surface area contributed by atoms with Crippen LogP contribution in [0, 0.1) is 20.8 Å². The topological polar surface area (TPSA) is 97.6 Å². The summed E-state index contributed by atoms with van der Waals surface area (Å²) >= 11 is 1.39. The van der Waals surface area contributed by atoms with Gasteiger partial charge in [-0.15, -0.1) is 11.3 Å². The Bertz CT molecular complexity index is 1150. The Labute approximate surface area is 171 Å². The molecule has 4 aromatic rings. The second kappa shape index (κ2) is 7.80. The van der Waals surface area contributed by atoms with Crippen molar-refractivity contribution < 1.29 is 4.79 Å². The Morgan fingerprint density at radius 2 is 1.79 bits per heavy atom. The van der Waals surface area contributed by atoms with Crippen LogP contribution in [-0.2, 0) is 0 Å². The lowest BCUT2D eigenvalue weighted by Crippen LogP contribution is -2.11. The fourth-order valence-corrected chi connectivity index (χ4v) is 3.67. The fraction of sp³-hybridized carbons (Fsp3) is 0.150. The molecule has 3 heterocycles. The van der Waals surface area contributed by atoms with Crippen LogP contribution in [0.1, 0.15) is 26.2 Å². The normalized spacial score (nSPS) is 10.7. The van der Waals surface area contributed by atoms with Gasteiger partial charge in [0.2, 0.25) is 0 Å². The minimum absolute atomic E-state index is 0.149. The molecule has 0 atom stereocenters. The summed E-state index contributed by atoms with van der Waals surface area (Å²) in [4.78, 5) is 26.2. The highest BCUT2D eigenvalue weighted by molar-refractivity contribution is 7.13. The number of nitrogens with one attached hydrogen (secondary N) is 2. The first kappa shape index (κ1) is 18.8. The number of nitrogens with zero attached hydrogens (tertiary/aromatic N) is 5. The first-order valence-corrected chi connectivity index (χ1v) is 9.78. The van der Waals surface area contributed by atoms with Gasteiger partial charge >= 0.3 is 0 Å². The zero-order chi connectivity index (χ0) is 20.4. The van der Waals surface area contributed by atoms with Crippen molar-refractivity contribution in [3.8, 4) is 5.82 Å². The van der Waals surface area contributed by atoms with E-state index in [0.29, 0.717) is 28.0 Å². The van der Waals surface area contributed by atoms with Crippen molar-refractivity contribution in [2.24, 2.45) is 0 Å². The molecule has 2 N–H and O–H groups in total. The van der Waals surface area contributed by atoms with E-state index in [9.17, 15) is 4.79 Å². The number of carbonyl (C=O) groups is 1. The van der Waals surface area contributed by atoms with Crippen LogP contribution >= 0.6 is 11.3 Å². The third kappa shape index (κ3) is 4.30.